The zero-order chi connectivity index (χ0) is 29.7. The quantitative estimate of drug-likeness (QED) is 0.482. The van der Waals surface area contributed by atoms with Crippen molar-refractivity contribution in [3.05, 3.63) is 23.3 Å². The Kier molecular flexibility index (Phi) is 6.36. The van der Waals surface area contributed by atoms with Crippen LogP contribution in [0.25, 0.3) is 0 Å². The van der Waals surface area contributed by atoms with Gasteiger partial charge in [0.1, 0.15) is 18.2 Å². The van der Waals surface area contributed by atoms with Crippen molar-refractivity contribution in [1.82, 2.24) is 5.32 Å². The lowest BCUT2D eigenvalue weighted by Crippen LogP contribution is -2.64. The fourth-order valence-electron chi connectivity index (χ4n) is 9.71. The van der Waals surface area contributed by atoms with Crippen LogP contribution in [0.5, 0.6) is 0 Å². The van der Waals surface area contributed by atoms with E-state index in [1.165, 1.54) is 6.92 Å². The molecule has 218 valence electrons. The molecule has 0 aromatic heterocycles. The second-order valence-corrected chi connectivity index (χ2v) is 14.5. The Labute approximate surface area is 233 Å². The number of hydrogen-bond acceptors (Lipinski definition) is 5. The zero-order valence-electron chi connectivity index (χ0n) is 23.9. The summed E-state index contributed by atoms with van der Waals surface area (Å²) in [6, 6.07) is 1.94. The van der Waals surface area contributed by atoms with Crippen LogP contribution >= 0.6 is 0 Å². The van der Waals surface area contributed by atoms with E-state index in [1.54, 1.807) is 12.2 Å². The summed E-state index contributed by atoms with van der Waals surface area (Å²) in [7, 11) is 0. The SMILES string of the molecule is CC1(C)CC[C@]2(C(=O)NCC(F)(F)F)CCC3C(C(=O)C=C4[C@@]5(C)C=C(C#N)C(=O)[C@@](C)(O)C5CC[C@]43C)C2C1. The number of halogens is 3. The highest BCUT2D eigenvalue weighted by atomic mass is 19.4. The first-order valence-electron chi connectivity index (χ1n) is 14.3. The standard InChI is InChI=1S/C31H39F3N2O4/c1-26(2)10-11-30(25(39)36-16-31(32,33)34)9-6-18-23(19(30)14-26)20(37)12-22-27(18,3)8-7-21-28(22,4)13-17(15-35)24(38)29(21,5)40/h12-13,18-19,21,23,40H,6-11,14,16H2,1-5H3,(H,36,39)/t18?,19?,21?,23?,27-,28-,29-,30+/m0/s1. The van der Waals surface area contributed by atoms with Crippen molar-refractivity contribution in [2.24, 2.45) is 45.3 Å². The molecule has 8 atom stereocenters. The van der Waals surface area contributed by atoms with Crippen molar-refractivity contribution >= 4 is 17.5 Å². The minimum absolute atomic E-state index is 0.110. The topological polar surface area (TPSA) is 107 Å². The summed E-state index contributed by atoms with van der Waals surface area (Å²) in [6.07, 6.45) is 2.52. The third kappa shape index (κ3) is 4.03. The van der Waals surface area contributed by atoms with Crippen molar-refractivity contribution in [2.45, 2.75) is 91.3 Å². The van der Waals surface area contributed by atoms with Crippen LogP contribution in [0.2, 0.25) is 0 Å². The molecule has 0 radical (unpaired) electrons. The van der Waals surface area contributed by atoms with Gasteiger partial charge in [-0.1, -0.05) is 39.3 Å². The third-order valence-corrected chi connectivity index (χ3v) is 11.7. The highest BCUT2D eigenvalue weighted by Gasteiger charge is 2.67. The molecule has 5 aliphatic carbocycles. The Balaban J connectivity index is 1.60. The van der Waals surface area contributed by atoms with Crippen molar-refractivity contribution in [1.29, 1.82) is 5.26 Å². The second-order valence-electron chi connectivity index (χ2n) is 14.5. The number of nitriles is 1. The first kappa shape index (κ1) is 29.0. The molecule has 5 rings (SSSR count). The summed E-state index contributed by atoms with van der Waals surface area (Å²) in [5.41, 5.74) is -3.62. The molecule has 0 saturated heterocycles. The molecule has 6 nitrogen and oxygen atoms in total. The van der Waals surface area contributed by atoms with Gasteiger partial charge in [0.2, 0.25) is 11.7 Å². The van der Waals surface area contributed by atoms with Crippen molar-refractivity contribution in [2.75, 3.05) is 6.54 Å². The van der Waals surface area contributed by atoms with Gasteiger partial charge in [-0.2, -0.15) is 18.4 Å². The molecule has 2 N–H and O–H groups in total. The van der Waals surface area contributed by atoms with Crippen LogP contribution in [0.1, 0.15) is 79.6 Å². The smallest absolute Gasteiger partial charge is 0.382 e. The van der Waals surface area contributed by atoms with Crippen LogP contribution in [-0.4, -0.2) is 40.9 Å². The molecule has 0 bridgehead atoms. The highest BCUT2D eigenvalue weighted by Crippen LogP contribution is 2.69. The lowest BCUT2D eigenvalue weighted by molar-refractivity contribution is -0.168. The predicted octanol–water partition coefficient (Wildman–Crippen LogP) is 5.22. The second kappa shape index (κ2) is 8.77. The van der Waals surface area contributed by atoms with Crippen LogP contribution in [0.4, 0.5) is 13.2 Å². The maximum absolute atomic E-state index is 14.2. The predicted molar refractivity (Wildman–Crippen MR) is 140 cm³/mol. The number of ketones is 2. The van der Waals surface area contributed by atoms with Gasteiger partial charge in [0.15, 0.2) is 5.78 Å². The molecule has 3 fully saturated rings. The van der Waals surface area contributed by atoms with Crippen molar-refractivity contribution in [3.63, 3.8) is 0 Å². The van der Waals surface area contributed by atoms with Crippen LogP contribution in [0, 0.1) is 56.7 Å². The van der Waals surface area contributed by atoms with Gasteiger partial charge in [-0.3, -0.25) is 14.4 Å². The number of fused-ring (bicyclic) bond motifs is 7. The third-order valence-electron chi connectivity index (χ3n) is 11.7. The van der Waals surface area contributed by atoms with E-state index in [4.69, 9.17) is 0 Å². The Morgan fingerprint density at radius 3 is 2.38 bits per heavy atom. The van der Waals surface area contributed by atoms with E-state index < -0.39 is 64.0 Å². The molecular weight excluding hydrogens is 521 g/mol. The number of allylic oxidation sites excluding steroid dienone is 3. The van der Waals surface area contributed by atoms with E-state index in [2.05, 4.69) is 26.1 Å². The molecule has 5 aliphatic rings. The first-order valence-corrected chi connectivity index (χ1v) is 14.3. The number of Topliss-reactive ketones (excluding diaryl/α,β-unsaturated/α-hetero) is 1. The molecule has 0 spiro atoms. The molecule has 0 aliphatic heterocycles. The summed E-state index contributed by atoms with van der Waals surface area (Å²) in [5.74, 6) is -2.88. The molecular formula is C31H39F3N2O4. The Hall–Kier alpha value is -2.47. The maximum Gasteiger partial charge on any atom is 0.405 e. The highest BCUT2D eigenvalue weighted by molar-refractivity contribution is 6.06. The molecule has 0 heterocycles. The molecule has 4 unspecified atom stereocenters. The molecule has 1 amide bonds. The molecule has 9 heteroatoms. The number of nitrogens with one attached hydrogen (secondary N) is 1. The normalized spacial score (nSPS) is 44.1. The zero-order valence-corrected chi connectivity index (χ0v) is 23.9. The van der Waals surface area contributed by atoms with Gasteiger partial charge in [0.05, 0.1) is 11.0 Å². The lowest BCUT2D eigenvalue weighted by Gasteiger charge is -2.64. The van der Waals surface area contributed by atoms with Gasteiger partial charge in [-0.25, -0.2) is 0 Å². The maximum atomic E-state index is 14.2. The van der Waals surface area contributed by atoms with Gasteiger partial charge >= 0.3 is 6.18 Å². The van der Waals surface area contributed by atoms with Crippen molar-refractivity contribution in [3.8, 4) is 6.07 Å². The van der Waals surface area contributed by atoms with E-state index in [0.717, 1.165) is 5.57 Å². The molecule has 0 aromatic carbocycles. The summed E-state index contributed by atoms with van der Waals surface area (Å²) >= 11 is 0. The van der Waals surface area contributed by atoms with E-state index in [-0.39, 0.29) is 22.7 Å². The van der Waals surface area contributed by atoms with Gasteiger partial charge in [0, 0.05) is 17.3 Å². The van der Waals surface area contributed by atoms with Crippen LogP contribution in [0.15, 0.2) is 23.3 Å². The minimum atomic E-state index is -4.52. The van der Waals surface area contributed by atoms with E-state index in [1.807, 2.05) is 13.0 Å². The summed E-state index contributed by atoms with van der Waals surface area (Å²) in [4.78, 5) is 40.6. The largest absolute Gasteiger partial charge is 0.405 e. The van der Waals surface area contributed by atoms with Crippen molar-refractivity contribution < 1.29 is 32.7 Å². The molecule has 0 aromatic rings. The summed E-state index contributed by atoms with van der Waals surface area (Å²) in [5, 5.41) is 23.2. The Morgan fingerprint density at radius 2 is 1.75 bits per heavy atom. The van der Waals surface area contributed by atoms with Gasteiger partial charge in [-0.05, 0) is 80.6 Å². The van der Waals surface area contributed by atoms with Crippen LogP contribution in [0.3, 0.4) is 0 Å². The number of carbonyl (C=O) groups is 3. The molecule has 3 saturated carbocycles. The fraction of sp³-hybridized carbons (Fsp3) is 0.742. The summed E-state index contributed by atoms with van der Waals surface area (Å²) < 4.78 is 39.2. The summed E-state index contributed by atoms with van der Waals surface area (Å²) in [6.45, 7) is 8.25. The van der Waals surface area contributed by atoms with Gasteiger partial charge in [0.25, 0.3) is 0 Å². The van der Waals surface area contributed by atoms with Gasteiger partial charge < -0.3 is 10.4 Å². The average molecular weight is 561 g/mol. The molecule has 40 heavy (non-hydrogen) atoms. The number of amides is 1. The van der Waals surface area contributed by atoms with Crippen LogP contribution < -0.4 is 5.32 Å². The van der Waals surface area contributed by atoms with Gasteiger partial charge in [-0.15, -0.1) is 0 Å². The number of carbonyl (C=O) groups excluding carboxylic acids is 3. The number of alkyl halides is 3. The number of aliphatic hydroxyl groups is 1. The first-order chi connectivity index (χ1) is 18.3. The number of hydrogen-bond donors (Lipinski definition) is 2. The Bertz CT molecular complexity index is 1270. The lowest BCUT2D eigenvalue weighted by atomic mass is 9.39. The Morgan fingerprint density at radius 1 is 1.07 bits per heavy atom. The van der Waals surface area contributed by atoms with E-state index >= 15 is 0 Å². The van der Waals surface area contributed by atoms with E-state index in [9.17, 15) is 37.9 Å². The monoisotopic (exact) mass is 560 g/mol. The number of nitrogens with zero attached hydrogens (tertiary/aromatic N) is 1. The average Bonchev–Trinajstić information content (AvgIpc) is 2.85. The minimum Gasteiger partial charge on any atom is -0.382 e. The fourth-order valence-corrected chi connectivity index (χ4v) is 9.71. The number of rotatable bonds is 2. The van der Waals surface area contributed by atoms with E-state index in [0.29, 0.717) is 44.9 Å². The van der Waals surface area contributed by atoms with Crippen LogP contribution in [-0.2, 0) is 14.4 Å².